The van der Waals surface area contributed by atoms with Crippen molar-refractivity contribution in [1.29, 1.82) is 0 Å². The lowest BCUT2D eigenvalue weighted by molar-refractivity contribution is -0.139. The van der Waals surface area contributed by atoms with Crippen molar-refractivity contribution in [3.05, 3.63) is 34.6 Å². The number of ketones is 1. The van der Waals surface area contributed by atoms with Gasteiger partial charge < -0.3 is 4.90 Å². The third-order valence-electron chi connectivity index (χ3n) is 2.72. The van der Waals surface area contributed by atoms with Crippen LogP contribution < -0.4 is 0 Å². The van der Waals surface area contributed by atoms with Crippen molar-refractivity contribution in [3.8, 4) is 0 Å². The Morgan fingerprint density at radius 2 is 2.12 bits per heavy atom. The van der Waals surface area contributed by atoms with Crippen LogP contribution in [-0.4, -0.2) is 23.1 Å². The van der Waals surface area contributed by atoms with Gasteiger partial charge in [0.25, 0.3) is 0 Å². The van der Waals surface area contributed by atoms with E-state index in [2.05, 4.69) is 0 Å². The molecule has 1 aliphatic heterocycles. The van der Waals surface area contributed by atoms with Crippen molar-refractivity contribution in [1.82, 2.24) is 4.90 Å². The number of benzene rings is 1. The highest BCUT2D eigenvalue weighted by atomic mass is 35.5. The van der Waals surface area contributed by atoms with E-state index in [-0.39, 0.29) is 23.1 Å². The number of Topliss-reactive ketones (excluding diaryl/α,β-unsaturated/α-hetero) is 1. The predicted octanol–water partition coefficient (Wildman–Crippen LogP) is 2.17. The Balaban J connectivity index is 2.08. The molecule has 5 heteroatoms. The minimum absolute atomic E-state index is 0.0246. The zero-order chi connectivity index (χ0) is 12.4. The van der Waals surface area contributed by atoms with Crippen LogP contribution in [0.15, 0.2) is 18.2 Å². The van der Waals surface area contributed by atoms with E-state index in [1.165, 1.54) is 12.1 Å². The van der Waals surface area contributed by atoms with Crippen molar-refractivity contribution in [2.75, 3.05) is 6.54 Å². The molecule has 0 saturated carbocycles. The molecule has 17 heavy (non-hydrogen) atoms. The number of carbonyl (C=O) groups excluding carboxylic acids is 2. The number of halogens is 2. The second-order valence-electron chi connectivity index (χ2n) is 4.03. The molecule has 1 fully saturated rings. The van der Waals surface area contributed by atoms with Crippen LogP contribution in [0.3, 0.4) is 0 Å². The van der Waals surface area contributed by atoms with E-state index in [1.54, 1.807) is 11.0 Å². The first-order valence-corrected chi connectivity index (χ1v) is 5.67. The van der Waals surface area contributed by atoms with Gasteiger partial charge in [-0.05, 0) is 17.7 Å². The fraction of sp³-hybridized carbons (Fsp3) is 0.333. The molecule has 0 bridgehead atoms. The Morgan fingerprint density at radius 3 is 2.76 bits per heavy atom. The molecule has 1 aromatic rings. The summed E-state index contributed by atoms with van der Waals surface area (Å²) in [4.78, 5) is 24.2. The molecule has 1 amide bonds. The van der Waals surface area contributed by atoms with Gasteiger partial charge in [0.05, 0.1) is 11.4 Å². The second-order valence-corrected chi connectivity index (χ2v) is 4.44. The average molecular weight is 256 g/mol. The maximum absolute atomic E-state index is 12.9. The molecule has 1 aromatic carbocycles. The number of carbonyl (C=O) groups is 2. The Labute approximate surface area is 103 Å². The highest BCUT2D eigenvalue weighted by molar-refractivity contribution is 6.30. The highest BCUT2D eigenvalue weighted by Gasteiger charge is 2.23. The maximum Gasteiger partial charge on any atom is 0.230 e. The smallest absolute Gasteiger partial charge is 0.230 e. The summed E-state index contributed by atoms with van der Waals surface area (Å²) in [5.41, 5.74) is 0.763. The zero-order valence-corrected chi connectivity index (χ0v) is 9.84. The van der Waals surface area contributed by atoms with Crippen molar-refractivity contribution in [2.45, 2.75) is 19.4 Å². The molecule has 2 rings (SSSR count). The monoisotopic (exact) mass is 255 g/mol. The molecule has 0 N–H and O–H groups in total. The van der Waals surface area contributed by atoms with Gasteiger partial charge >= 0.3 is 0 Å². The van der Waals surface area contributed by atoms with Crippen LogP contribution in [0, 0.1) is 5.82 Å². The van der Waals surface area contributed by atoms with E-state index in [0.29, 0.717) is 19.5 Å². The van der Waals surface area contributed by atoms with E-state index in [0.717, 1.165) is 5.56 Å². The quantitative estimate of drug-likeness (QED) is 0.760. The maximum atomic E-state index is 12.9. The van der Waals surface area contributed by atoms with Crippen LogP contribution in [0.1, 0.15) is 18.4 Å². The molecular weight excluding hydrogens is 245 g/mol. The first-order chi connectivity index (χ1) is 8.06. The van der Waals surface area contributed by atoms with E-state index >= 15 is 0 Å². The number of hydrogen-bond acceptors (Lipinski definition) is 2. The highest BCUT2D eigenvalue weighted by Crippen LogP contribution is 2.18. The number of likely N-dealkylation sites (tertiary alicyclic amines) is 1. The third kappa shape index (κ3) is 2.82. The molecule has 0 aliphatic carbocycles. The Bertz CT molecular complexity index is 476. The first-order valence-electron chi connectivity index (χ1n) is 5.29. The number of nitrogens with zero attached hydrogens (tertiary/aromatic N) is 1. The number of piperidine rings is 1. The van der Waals surface area contributed by atoms with Crippen LogP contribution in [-0.2, 0) is 16.1 Å². The van der Waals surface area contributed by atoms with Gasteiger partial charge in [-0.3, -0.25) is 9.59 Å². The lowest BCUT2D eigenvalue weighted by Gasteiger charge is -2.26. The fourth-order valence-corrected chi connectivity index (χ4v) is 1.98. The van der Waals surface area contributed by atoms with Crippen molar-refractivity contribution >= 4 is 23.3 Å². The van der Waals surface area contributed by atoms with E-state index in [4.69, 9.17) is 11.6 Å². The summed E-state index contributed by atoms with van der Waals surface area (Å²) in [5.74, 6) is -0.680. The standard InChI is InChI=1S/C12H11ClFNO2/c13-10-5-8(1-2-11(10)14)7-15-4-3-9(16)6-12(15)17/h1-2,5H,3-4,6-7H2. The molecule has 0 radical (unpaired) electrons. The molecule has 1 aliphatic rings. The van der Waals surface area contributed by atoms with Crippen LogP contribution >= 0.6 is 11.6 Å². The third-order valence-corrected chi connectivity index (χ3v) is 3.01. The predicted molar refractivity (Wildman–Crippen MR) is 61.1 cm³/mol. The van der Waals surface area contributed by atoms with Gasteiger partial charge in [0.2, 0.25) is 5.91 Å². The summed E-state index contributed by atoms with van der Waals surface area (Å²) in [6, 6.07) is 4.36. The largest absolute Gasteiger partial charge is 0.338 e. The minimum atomic E-state index is -0.476. The van der Waals surface area contributed by atoms with Crippen molar-refractivity contribution < 1.29 is 14.0 Å². The summed E-state index contributed by atoms with van der Waals surface area (Å²) >= 11 is 5.66. The van der Waals surface area contributed by atoms with Gasteiger partial charge in [-0.1, -0.05) is 17.7 Å². The topological polar surface area (TPSA) is 37.4 Å². The van der Waals surface area contributed by atoms with Crippen molar-refractivity contribution in [3.63, 3.8) is 0 Å². The van der Waals surface area contributed by atoms with E-state index in [1.807, 2.05) is 0 Å². The SMILES string of the molecule is O=C1CCN(Cc2ccc(F)c(Cl)c2)C(=O)C1. The summed E-state index contributed by atoms with van der Waals surface area (Å²) in [5, 5.41) is 0.0445. The van der Waals surface area contributed by atoms with E-state index < -0.39 is 5.82 Å². The molecule has 0 aromatic heterocycles. The van der Waals surface area contributed by atoms with E-state index in [9.17, 15) is 14.0 Å². The van der Waals surface area contributed by atoms with Crippen LogP contribution in [0.25, 0.3) is 0 Å². The fourth-order valence-electron chi connectivity index (χ4n) is 1.78. The molecule has 90 valence electrons. The lowest BCUT2D eigenvalue weighted by atomic mass is 10.1. The first kappa shape index (κ1) is 12.0. The van der Waals surface area contributed by atoms with Gasteiger partial charge in [-0.15, -0.1) is 0 Å². The van der Waals surface area contributed by atoms with Crippen molar-refractivity contribution in [2.24, 2.45) is 0 Å². The lowest BCUT2D eigenvalue weighted by Crippen LogP contribution is -2.38. The molecule has 1 heterocycles. The number of rotatable bonds is 2. The molecule has 0 unspecified atom stereocenters. The van der Waals surface area contributed by atoms with Gasteiger partial charge in [0, 0.05) is 19.5 Å². The number of hydrogen-bond donors (Lipinski definition) is 0. The molecule has 0 spiro atoms. The summed E-state index contributed by atoms with van der Waals surface area (Å²) in [6.07, 6.45) is 0.357. The van der Waals surface area contributed by atoms with Crippen LogP contribution in [0.4, 0.5) is 4.39 Å². The molecule has 1 saturated heterocycles. The van der Waals surface area contributed by atoms with Crippen LogP contribution in [0.2, 0.25) is 5.02 Å². The zero-order valence-electron chi connectivity index (χ0n) is 9.08. The van der Waals surface area contributed by atoms with Gasteiger partial charge in [-0.25, -0.2) is 4.39 Å². The van der Waals surface area contributed by atoms with Gasteiger partial charge in [0.15, 0.2) is 0 Å². The summed E-state index contributed by atoms with van der Waals surface area (Å²) < 4.78 is 12.9. The Hall–Kier alpha value is -1.42. The van der Waals surface area contributed by atoms with Gasteiger partial charge in [-0.2, -0.15) is 0 Å². The summed E-state index contributed by atoms with van der Waals surface area (Å²) in [7, 11) is 0. The normalized spacial score (nSPS) is 16.5. The molecule has 3 nitrogen and oxygen atoms in total. The molecule has 0 atom stereocenters. The second kappa shape index (κ2) is 4.84. The average Bonchev–Trinajstić information content (AvgIpc) is 2.27. The summed E-state index contributed by atoms with van der Waals surface area (Å²) in [6.45, 7) is 0.790. The molecular formula is C12H11ClFNO2. The Kier molecular flexibility index (Phi) is 3.43. The minimum Gasteiger partial charge on any atom is -0.338 e. The Morgan fingerprint density at radius 1 is 1.35 bits per heavy atom. The number of amides is 1. The van der Waals surface area contributed by atoms with Crippen LogP contribution in [0.5, 0.6) is 0 Å². The van der Waals surface area contributed by atoms with Gasteiger partial charge in [0.1, 0.15) is 11.6 Å².